The SMILES string of the molecule is N[C@@H]1CC[C@H](C(=O)NCCc2nc(-c3ccccc3)cs2)C1. The van der Waals surface area contributed by atoms with Gasteiger partial charge in [0.1, 0.15) is 0 Å². The van der Waals surface area contributed by atoms with Crippen LogP contribution in [0.1, 0.15) is 24.3 Å². The lowest BCUT2D eigenvalue weighted by Crippen LogP contribution is -2.31. The second-order valence-electron chi connectivity index (χ2n) is 5.80. The Balaban J connectivity index is 1.48. The Kier molecular flexibility index (Phi) is 4.85. The molecular weight excluding hydrogens is 294 g/mol. The highest BCUT2D eigenvalue weighted by atomic mass is 32.1. The molecule has 0 aliphatic heterocycles. The van der Waals surface area contributed by atoms with Crippen LogP contribution in [0.2, 0.25) is 0 Å². The van der Waals surface area contributed by atoms with E-state index in [4.69, 9.17) is 5.73 Å². The van der Waals surface area contributed by atoms with Crippen LogP contribution in [0.3, 0.4) is 0 Å². The number of nitrogens with one attached hydrogen (secondary N) is 1. The molecule has 5 heteroatoms. The maximum atomic E-state index is 12.0. The van der Waals surface area contributed by atoms with Crippen LogP contribution in [0.15, 0.2) is 35.7 Å². The van der Waals surface area contributed by atoms with Crippen LogP contribution < -0.4 is 11.1 Å². The van der Waals surface area contributed by atoms with Crippen molar-refractivity contribution in [3.63, 3.8) is 0 Å². The number of amides is 1. The predicted octanol–water partition coefficient (Wildman–Crippen LogP) is 2.60. The first-order valence-electron chi connectivity index (χ1n) is 7.75. The standard InChI is InChI=1S/C17H21N3OS/c18-14-7-6-13(10-14)17(21)19-9-8-16-20-15(11-22-16)12-4-2-1-3-5-12/h1-5,11,13-14H,6-10,18H2,(H,19,21)/t13-,14+/m0/s1. The molecule has 0 unspecified atom stereocenters. The zero-order valence-electron chi connectivity index (χ0n) is 12.5. The summed E-state index contributed by atoms with van der Waals surface area (Å²) >= 11 is 1.65. The molecule has 116 valence electrons. The van der Waals surface area contributed by atoms with E-state index >= 15 is 0 Å². The van der Waals surface area contributed by atoms with E-state index in [9.17, 15) is 4.79 Å². The highest BCUT2D eigenvalue weighted by molar-refractivity contribution is 7.09. The number of hydrogen-bond acceptors (Lipinski definition) is 4. The summed E-state index contributed by atoms with van der Waals surface area (Å²) in [6, 6.07) is 10.3. The third kappa shape index (κ3) is 3.72. The molecule has 1 heterocycles. The van der Waals surface area contributed by atoms with Crippen LogP contribution in [0.5, 0.6) is 0 Å². The van der Waals surface area contributed by atoms with Crippen molar-refractivity contribution in [2.45, 2.75) is 31.7 Å². The number of rotatable bonds is 5. The van der Waals surface area contributed by atoms with E-state index in [1.165, 1.54) is 0 Å². The van der Waals surface area contributed by atoms with Crippen molar-refractivity contribution in [1.29, 1.82) is 0 Å². The Morgan fingerprint density at radius 3 is 2.86 bits per heavy atom. The molecule has 0 radical (unpaired) electrons. The lowest BCUT2D eigenvalue weighted by Gasteiger charge is -2.09. The highest BCUT2D eigenvalue weighted by Gasteiger charge is 2.27. The van der Waals surface area contributed by atoms with Gasteiger partial charge >= 0.3 is 0 Å². The molecule has 1 aromatic carbocycles. The van der Waals surface area contributed by atoms with Gasteiger partial charge < -0.3 is 11.1 Å². The van der Waals surface area contributed by atoms with Crippen LogP contribution in [0.25, 0.3) is 11.3 Å². The molecule has 1 saturated carbocycles. The van der Waals surface area contributed by atoms with Gasteiger partial charge in [-0.05, 0) is 19.3 Å². The molecule has 1 aromatic heterocycles. The first-order valence-corrected chi connectivity index (χ1v) is 8.63. The molecule has 0 saturated heterocycles. The first kappa shape index (κ1) is 15.2. The summed E-state index contributed by atoms with van der Waals surface area (Å²) in [4.78, 5) is 16.7. The molecule has 0 spiro atoms. The molecule has 2 aromatic rings. The minimum absolute atomic E-state index is 0.103. The van der Waals surface area contributed by atoms with Crippen LogP contribution in [0.4, 0.5) is 0 Å². The maximum Gasteiger partial charge on any atom is 0.223 e. The van der Waals surface area contributed by atoms with E-state index in [0.717, 1.165) is 41.9 Å². The molecular formula is C17H21N3OS. The summed E-state index contributed by atoms with van der Waals surface area (Å²) in [7, 11) is 0. The zero-order valence-corrected chi connectivity index (χ0v) is 13.3. The molecule has 1 fully saturated rings. The summed E-state index contributed by atoms with van der Waals surface area (Å²) in [6.07, 6.45) is 3.48. The van der Waals surface area contributed by atoms with Gasteiger partial charge in [0, 0.05) is 35.9 Å². The van der Waals surface area contributed by atoms with Gasteiger partial charge in [-0.3, -0.25) is 4.79 Å². The van der Waals surface area contributed by atoms with Crippen LogP contribution >= 0.6 is 11.3 Å². The van der Waals surface area contributed by atoms with Gasteiger partial charge in [-0.1, -0.05) is 30.3 Å². The van der Waals surface area contributed by atoms with E-state index in [0.29, 0.717) is 6.54 Å². The minimum Gasteiger partial charge on any atom is -0.355 e. The summed E-state index contributed by atoms with van der Waals surface area (Å²) in [5.74, 6) is 0.249. The quantitative estimate of drug-likeness (QED) is 0.891. The van der Waals surface area contributed by atoms with Crippen molar-refractivity contribution in [3.05, 3.63) is 40.7 Å². The van der Waals surface area contributed by atoms with Crippen molar-refractivity contribution >= 4 is 17.2 Å². The predicted molar refractivity (Wildman–Crippen MR) is 89.6 cm³/mol. The number of thiazole rings is 1. The smallest absolute Gasteiger partial charge is 0.223 e. The molecule has 3 rings (SSSR count). The number of benzene rings is 1. The fourth-order valence-electron chi connectivity index (χ4n) is 2.86. The van der Waals surface area contributed by atoms with Gasteiger partial charge in [-0.15, -0.1) is 11.3 Å². The molecule has 4 nitrogen and oxygen atoms in total. The third-order valence-corrected chi connectivity index (χ3v) is 5.01. The van der Waals surface area contributed by atoms with E-state index < -0.39 is 0 Å². The zero-order chi connectivity index (χ0) is 15.4. The van der Waals surface area contributed by atoms with Crippen molar-refractivity contribution in [1.82, 2.24) is 10.3 Å². The average molecular weight is 315 g/mol. The number of carbonyl (C=O) groups is 1. The van der Waals surface area contributed by atoms with Gasteiger partial charge in [0.2, 0.25) is 5.91 Å². The Bertz CT molecular complexity index is 626. The molecule has 3 N–H and O–H groups in total. The van der Waals surface area contributed by atoms with Crippen molar-refractivity contribution in [2.24, 2.45) is 11.7 Å². The van der Waals surface area contributed by atoms with E-state index in [1.807, 2.05) is 18.2 Å². The summed E-state index contributed by atoms with van der Waals surface area (Å²) in [5.41, 5.74) is 7.99. The van der Waals surface area contributed by atoms with Crippen molar-refractivity contribution in [2.75, 3.05) is 6.54 Å². The van der Waals surface area contributed by atoms with E-state index in [2.05, 4.69) is 27.8 Å². The van der Waals surface area contributed by atoms with Crippen molar-refractivity contribution in [3.8, 4) is 11.3 Å². The Morgan fingerprint density at radius 2 is 2.14 bits per heavy atom. The molecule has 1 aliphatic rings. The largest absolute Gasteiger partial charge is 0.355 e. The summed E-state index contributed by atoms with van der Waals surface area (Å²) in [5, 5.41) is 6.14. The Hall–Kier alpha value is -1.72. The van der Waals surface area contributed by atoms with Gasteiger partial charge in [0.15, 0.2) is 0 Å². The van der Waals surface area contributed by atoms with Gasteiger partial charge in [0.25, 0.3) is 0 Å². The molecule has 0 bridgehead atoms. The Morgan fingerprint density at radius 1 is 1.32 bits per heavy atom. The van der Waals surface area contributed by atoms with Gasteiger partial charge in [-0.2, -0.15) is 0 Å². The van der Waals surface area contributed by atoms with E-state index in [1.54, 1.807) is 11.3 Å². The second-order valence-corrected chi connectivity index (χ2v) is 6.75. The maximum absolute atomic E-state index is 12.0. The van der Waals surface area contributed by atoms with Gasteiger partial charge in [0.05, 0.1) is 10.7 Å². The lowest BCUT2D eigenvalue weighted by atomic mass is 10.1. The Labute approximate surface area is 134 Å². The molecule has 1 aliphatic carbocycles. The number of aromatic nitrogens is 1. The minimum atomic E-state index is 0.103. The third-order valence-electron chi connectivity index (χ3n) is 4.10. The fourth-order valence-corrected chi connectivity index (χ4v) is 3.67. The number of hydrogen-bond donors (Lipinski definition) is 2. The molecule has 22 heavy (non-hydrogen) atoms. The summed E-state index contributed by atoms with van der Waals surface area (Å²) < 4.78 is 0. The lowest BCUT2D eigenvalue weighted by molar-refractivity contribution is -0.124. The monoisotopic (exact) mass is 315 g/mol. The number of carbonyl (C=O) groups excluding carboxylic acids is 1. The second kappa shape index (κ2) is 7.03. The van der Waals surface area contributed by atoms with Crippen LogP contribution in [-0.4, -0.2) is 23.5 Å². The highest BCUT2D eigenvalue weighted by Crippen LogP contribution is 2.24. The number of nitrogens with zero attached hydrogens (tertiary/aromatic N) is 1. The number of nitrogens with two attached hydrogens (primary N) is 1. The average Bonchev–Trinajstić information content (AvgIpc) is 3.17. The normalized spacial score (nSPS) is 21.0. The van der Waals surface area contributed by atoms with E-state index in [-0.39, 0.29) is 17.9 Å². The molecule has 1 amide bonds. The fraction of sp³-hybridized carbons (Fsp3) is 0.412. The van der Waals surface area contributed by atoms with Gasteiger partial charge in [-0.25, -0.2) is 4.98 Å². The first-order chi connectivity index (χ1) is 10.7. The van der Waals surface area contributed by atoms with Crippen molar-refractivity contribution < 1.29 is 4.79 Å². The van der Waals surface area contributed by atoms with Crippen LogP contribution in [-0.2, 0) is 11.2 Å². The topological polar surface area (TPSA) is 68.0 Å². The van der Waals surface area contributed by atoms with Crippen LogP contribution in [0, 0.1) is 5.92 Å². The molecule has 2 atom stereocenters. The summed E-state index contributed by atoms with van der Waals surface area (Å²) in [6.45, 7) is 0.645.